The van der Waals surface area contributed by atoms with Crippen LogP contribution in [-0.2, 0) is 10.3 Å². The number of nitrogens with one attached hydrogen (secondary N) is 1. The van der Waals surface area contributed by atoms with E-state index >= 15 is 0 Å². The fourth-order valence-electron chi connectivity index (χ4n) is 1.44. The molecule has 0 aromatic heterocycles. The van der Waals surface area contributed by atoms with Crippen molar-refractivity contribution in [2.45, 2.75) is 5.60 Å². The molecule has 13 heavy (non-hydrogen) atoms. The molecule has 1 N–H and O–H groups in total. The fraction of sp³-hybridized carbons (Fsp3) is 0.400. The first-order chi connectivity index (χ1) is 7.41. The Morgan fingerprint density at radius 2 is 2.15 bits per heavy atom. The van der Waals surface area contributed by atoms with Gasteiger partial charge in [0.15, 0.2) is 0 Å². The van der Waals surface area contributed by atoms with Crippen LogP contribution in [0.3, 0.4) is 0 Å². The van der Waals surface area contributed by atoms with E-state index in [9.17, 15) is 0 Å². The van der Waals surface area contributed by atoms with Crippen LogP contribution in [0.1, 0.15) is 9.68 Å². The van der Waals surface area contributed by atoms with Crippen LogP contribution in [-0.4, -0.2) is 20.1 Å². The van der Waals surface area contributed by atoms with Gasteiger partial charge in [-0.2, -0.15) is 0 Å². The van der Waals surface area contributed by atoms with Gasteiger partial charge in [-0.25, -0.2) is 0 Å². The summed E-state index contributed by atoms with van der Waals surface area (Å²) in [4.78, 5) is 0. The van der Waals surface area contributed by atoms with Crippen LogP contribution in [0.5, 0.6) is 0 Å². The second-order valence-electron chi connectivity index (χ2n) is 3.21. The minimum atomic E-state index is -2.39. The lowest BCUT2D eigenvalue weighted by Gasteiger charge is -2.41. The van der Waals surface area contributed by atoms with Crippen LogP contribution < -0.4 is 5.32 Å². The molecular weight excluding hydrogens is 186 g/mol. The van der Waals surface area contributed by atoms with E-state index in [-0.39, 0.29) is 0 Å². The highest BCUT2D eigenvalue weighted by atomic mass is 35.5. The maximum Gasteiger partial charge on any atom is 0.117 e. The van der Waals surface area contributed by atoms with Gasteiger partial charge in [0.25, 0.3) is 0 Å². The smallest absolute Gasteiger partial charge is 0.117 e. The molecule has 0 radical (unpaired) electrons. The van der Waals surface area contributed by atoms with Gasteiger partial charge in [0.05, 0.1) is 4.11 Å². The highest BCUT2D eigenvalue weighted by Crippen LogP contribution is 2.29. The lowest BCUT2D eigenvalue weighted by molar-refractivity contribution is -0.0565. The lowest BCUT2D eigenvalue weighted by Crippen LogP contribution is -2.57. The van der Waals surface area contributed by atoms with Gasteiger partial charge in [0, 0.05) is 25.2 Å². The van der Waals surface area contributed by atoms with Crippen molar-refractivity contribution in [1.82, 2.24) is 5.32 Å². The number of benzene rings is 1. The molecule has 2 nitrogen and oxygen atoms in total. The molecule has 0 unspecified atom stereocenters. The molecule has 3 heteroatoms. The number of methoxy groups -OCH3 is 1. The SMILES string of the molecule is [2H]C([2H])([2H])OC1(c2ccc(Cl)cc2)CNC1. The summed E-state index contributed by atoms with van der Waals surface area (Å²) in [5.74, 6) is 0. The molecule has 0 atom stereocenters. The van der Waals surface area contributed by atoms with E-state index in [1.807, 2.05) is 0 Å². The van der Waals surface area contributed by atoms with Crippen molar-refractivity contribution in [2.75, 3.05) is 20.1 Å². The predicted molar refractivity (Wildman–Crippen MR) is 53.0 cm³/mol. The molecule has 0 aliphatic carbocycles. The first-order valence-electron chi connectivity index (χ1n) is 5.58. The largest absolute Gasteiger partial charge is 0.371 e. The van der Waals surface area contributed by atoms with Gasteiger partial charge in [-0.1, -0.05) is 23.7 Å². The van der Waals surface area contributed by atoms with Gasteiger partial charge in [-0.3, -0.25) is 0 Å². The van der Waals surface area contributed by atoms with Gasteiger partial charge in [0.2, 0.25) is 0 Å². The van der Waals surface area contributed by atoms with Gasteiger partial charge < -0.3 is 10.1 Å². The summed E-state index contributed by atoms with van der Waals surface area (Å²) in [6.45, 7) is 1.01. The maximum absolute atomic E-state index is 7.17. The summed E-state index contributed by atoms with van der Waals surface area (Å²) in [5, 5.41) is 3.65. The Kier molecular flexibility index (Phi) is 1.52. The molecule has 0 saturated carbocycles. The van der Waals surface area contributed by atoms with Crippen molar-refractivity contribution in [3.05, 3.63) is 34.9 Å². The zero-order chi connectivity index (χ0) is 11.8. The summed E-state index contributed by atoms with van der Waals surface area (Å²) in [6, 6.07) is 7.07. The third-order valence-corrected chi connectivity index (χ3v) is 2.64. The maximum atomic E-state index is 7.17. The van der Waals surface area contributed by atoms with E-state index in [0.717, 1.165) is 5.56 Å². The van der Waals surface area contributed by atoms with Crippen molar-refractivity contribution in [3.8, 4) is 0 Å². The highest BCUT2D eigenvalue weighted by Gasteiger charge is 2.38. The second-order valence-corrected chi connectivity index (χ2v) is 3.64. The predicted octanol–water partition coefficient (Wildman–Crippen LogP) is 1.78. The van der Waals surface area contributed by atoms with Crippen LogP contribution in [0.2, 0.25) is 5.02 Å². The Bertz CT molecular complexity index is 373. The normalized spacial score (nSPS) is 23.9. The Hall–Kier alpha value is -0.570. The summed E-state index contributed by atoms with van der Waals surface area (Å²) in [6.07, 6.45) is 0. The first kappa shape index (κ1) is 6.02. The minimum Gasteiger partial charge on any atom is -0.371 e. The average Bonchev–Trinajstić information content (AvgIpc) is 2.11. The Labute approximate surface area is 87.1 Å². The van der Waals surface area contributed by atoms with Gasteiger partial charge >= 0.3 is 0 Å². The Morgan fingerprint density at radius 1 is 1.46 bits per heavy atom. The van der Waals surface area contributed by atoms with Gasteiger partial charge in [-0.15, -0.1) is 0 Å². The quantitative estimate of drug-likeness (QED) is 0.786. The van der Waals surface area contributed by atoms with Crippen molar-refractivity contribution in [1.29, 1.82) is 0 Å². The van der Waals surface area contributed by atoms with Crippen molar-refractivity contribution in [3.63, 3.8) is 0 Å². The molecule has 1 aromatic rings. The van der Waals surface area contributed by atoms with Crippen LogP contribution >= 0.6 is 11.6 Å². The minimum absolute atomic E-state index is 0.507. The first-order valence-corrected chi connectivity index (χ1v) is 4.46. The number of hydrogen-bond donors (Lipinski definition) is 1. The van der Waals surface area contributed by atoms with Crippen molar-refractivity contribution in [2.24, 2.45) is 0 Å². The second kappa shape index (κ2) is 3.29. The zero-order valence-corrected chi connectivity index (χ0v) is 7.77. The summed E-state index contributed by atoms with van der Waals surface area (Å²) in [7, 11) is -2.39. The molecule has 2 rings (SSSR count). The Balaban J connectivity index is 2.24. The number of halogens is 1. The topological polar surface area (TPSA) is 21.3 Å². The number of hydrogen-bond acceptors (Lipinski definition) is 2. The van der Waals surface area contributed by atoms with Crippen molar-refractivity contribution >= 4 is 11.6 Å². The molecule has 0 spiro atoms. The molecule has 1 aliphatic rings. The average molecular weight is 201 g/mol. The summed E-state index contributed by atoms with van der Waals surface area (Å²) < 4.78 is 26.7. The third kappa shape index (κ3) is 1.46. The Morgan fingerprint density at radius 3 is 2.62 bits per heavy atom. The van der Waals surface area contributed by atoms with Crippen molar-refractivity contribution < 1.29 is 8.85 Å². The standard InChI is InChI=1S/C10H12ClNO/c1-13-10(6-12-7-10)8-2-4-9(11)5-3-8/h2-5,12H,6-7H2,1H3/i1D3. The summed E-state index contributed by atoms with van der Waals surface area (Å²) >= 11 is 5.79. The fourth-order valence-corrected chi connectivity index (χ4v) is 1.57. The van der Waals surface area contributed by atoms with E-state index in [1.54, 1.807) is 24.3 Å². The zero-order valence-electron chi connectivity index (χ0n) is 10.0. The van der Waals surface area contributed by atoms with Crippen LogP contribution in [0.15, 0.2) is 24.3 Å². The molecule has 1 aliphatic heterocycles. The van der Waals surface area contributed by atoms with Gasteiger partial charge in [-0.05, 0) is 17.7 Å². The molecule has 0 amide bonds. The molecule has 70 valence electrons. The molecule has 1 fully saturated rings. The van der Waals surface area contributed by atoms with Gasteiger partial charge in [0.1, 0.15) is 5.60 Å². The number of rotatable bonds is 2. The van der Waals surface area contributed by atoms with E-state index < -0.39 is 12.6 Å². The molecule has 0 bridgehead atoms. The van der Waals surface area contributed by atoms with E-state index in [4.69, 9.17) is 20.5 Å². The number of ether oxygens (including phenoxy) is 1. The molecule has 1 aromatic carbocycles. The lowest BCUT2D eigenvalue weighted by atomic mass is 9.88. The monoisotopic (exact) mass is 200 g/mol. The molecule has 1 heterocycles. The van der Waals surface area contributed by atoms with E-state index in [1.165, 1.54) is 0 Å². The van der Waals surface area contributed by atoms with E-state index in [0.29, 0.717) is 18.1 Å². The molecular formula is C10H12ClNO. The van der Waals surface area contributed by atoms with Crippen LogP contribution in [0, 0.1) is 0 Å². The van der Waals surface area contributed by atoms with Crippen LogP contribution in [0.25, 0.3) is 0 Å². The van der Waals surface area contributed by atoms with Crippen LogP contribution in [0.4, 0.5) is 0 Å². The molecule has 1 saturated heterocycles. The van der Waals surface area contributed by atoms with E-state index in [2.05, 4.69) is 5.32 Å². The highest BCUT2D eigenvalue weighted by molar-refractivity contribution is 6.30. The third-order valence-electron chi connectivity index (χ3n) is 2.39. The summed E-state index contributed by atoms with van der Waals surface area (Å²) in [5.41, 5.74) is 0.0994.